The third kappa shape index (κ3) is 3.17. The van der Waals surface area contributed by atoms with Crippen LogP contribution < -0.4 is 5.32 Å². The molecule has 0 aliphatic heterocycles. The first-order valence-electron chi connectivity index (χ1n) is 5.94. The number of hydrogen-bond acceptors (Lipinski definition) is 6. The predicted octanol–water partition coefficient (Wildman–Crippen LogP) is 2.69. The van der Waals surface area contributed by atoms with Crippen molar-refractivity contribution in [2.24, 2.45) is 0 Å². The molecule has 0 saturated carbocycles. The van der Waals surface area contributed by atoms with Gasteiger partial charge in [-0.2, -0.15) is 0 Å². The lowest BCUT2D eigenvalue weighted by molar-refractivity contribution is -0.118. The molecule has 3 aromatic rings. The van der Waals surface area contributed by atoms with Gasteiger partial charge in [0.1, 0.15) is 16.9 Å². The van der Waals surface area contributed by atoms with Crippen LogP contribution in [0.3, 0.4) is 0 Å². The fourth-order valence-electron chi connectivity index (χ4n) is 1.71. The van der Waals surface area contributed by atoms with E-state index in [0.29, 0.717) is 12.3 Å². The molecule has 3 rings (SSSR count). The van der Waals surface area contributed by atoms with Crippen LogP contribution in [0.1, 0.15) is 5.76 Å². The first-order valence-corrected chi connectivity index (χ1v) is 7.81. The SMILES string of the molecule is O=C(CSc1nncs1)NCc1cc2ccccc2o1. The van der Waals surface area contributed by atoms with Gasteiger partial charge in [-0.25, -0.2) is 0 Å². The molecule has 2 heterocycles. The van der Waals surface area contributed by atoms with E-state index in [-0.39, 0.29) is 5.91 Å². The molecule has 1 amide bonds. The largest absolute Gasteiger partial charge is 0.459 e. The van der Waals surface area contributed by atoms with E-state index in [0.717, 1.165) is 21.1 Å². The fraction of sp³-hybridized carbons (Fsp3) is 0.154. The highest BCUT2D eigenvalue weighted by molar-refractivity contribution is 8.01. The van der Waals surface area contributed by atoms with Crippen LogP contribution in [0.2, 0.25) is 0 Å². The Kier molecular flexibility index (Phi) is 3.98. The normalized spacial score (nSPS) is 10.8. The summed E-state index contributed by atoms with van der Waals surface area (Å²) < 4.78 is 6.42. The first-order chi connectivity index (χ1) is 9.81. The summed E-state index contributed by atoms with van der Waals surface area (Å²) in [6.07, 6.45) is 0. The fourth-order valence-corrected chi connectivity index (χ4v) is 3.03. The summed E-state index contributed by atoms with van der Waals surface area (Å²) in [7, 11) is 0. The lowest BCUT2D eigenvalue weighted by atomic mass is 10.2. The second-order valence-electron chi connectivity index (χ2n) is 4.02. The van der Waals surface area contributed by atoms with Crippen molar-refractivity contribution in [1.82, 2.24) is 15.5 Å². The Morgan fingerprint density at radius 2 is 2.30 bits per heavy atom. The van der Waals surface area contributed by atoms with Crippen LogP contribution in [-0.4, -0.2) is 21.9 Å². The number of fused-ring (bicyclic) bond motifs is 1. The minimum Gasteiger partial charge on any atom is -0.459 e. The van der Waals surface area contributed by atoms with Crippen LogP contribution in [0.5, 0.6) is 0 Å². The van der Waals surface area contributed by atoms with Gasteiger partial charge in [-0.1, -0.05) is 41.3 Å². The summed E-state index contributed by atoms with van der Waals surface area (Å²) in [5.41, 5.74) is 2.48. The highest BCUT2D eigenvalue weighted by Crippen LogP contribution is 2.19. The molecule has 0 atom stereocenters. The molecule has 0 spiro atoms. The van der Waals surface area contributed by atoms with Gasteiger partial charge < -0.3 is 9.73 Å². The summed E-state index contributed by atoms with van der Waals surface area (Å²) in [5, 5.41) is 11.5. The maximum atomic E-state index is 11.7. The van der Waals surface area contributed by atoms with Crippen LogP contribution in [-0.2, 0) is 11.3 Å². The lowest BCUT2D eigenvalue weighted by Crippen LogP contribution is -2.24. The monoisotopic (exact) mass is 305 g/mol. The smallest absolute Gasteiger partial charge is 0.230 e. The Hall–Kier alpha value is -1.86. The minimum atomic E-state index is -0.0503. The van der Waals surface area contributed by atoms with E-state index in [1.165, 1.54) is 23.1 Å². The summed E-state index contributed by atoms with van der Waals surface area (Å²) in [5.74, 6) is 1.03. The van der Waals surface area contributed by atoms with Crippen molar-refractivity contribution in [2.45, 2.75) is 10.9 Å². The standard InChI is InChI=1S/C13H11N3O2S2/c17-12(7-19-13-16-15-8-20-13)14-6-10-5-9-3-1-2-4-11(9)18-10/h1-5,8H,6-7H2,(H,14,17). The van der Waals surface area contributed by atoms with E-state index in [4.69, 9.17) is 4.42 Å². The quantitative estimate of drug-likeness (QED) is 0.734. The molecule has 2 aromatic heterocycles. The molecule has 102 valence electrons. The molecule has 5 nitrogen and oxygen atoms in total. The molecule has 7 heteroatoms. The van der Waals surface area contributed by atoms with E-state index < -0.39 is 0 Å². The minimum absolute atomic E-state index is 0.0503. The number of nitrogens with one attached hydrogen (secondary N) is 1. The molecular formula is C13H11N3O2S2. The van der Waals surface area contributed by atoms with Gasteiger partial charge in [0.25, 0.3) is 0 Å². The van der Waals surface area contributed by atoms with Crippen molar-refractivity contribution in [3.63, 3.8) is 0 Å². The van der Waals surface area contributed by atoms with Crippen molar-refractivity contribution >= 4 is 40.0 Å². The third-order valence-electron chi connectivity index (χ3n) is 2.60. The number of thioether (sulfide) groups is 1. The molecule has 0 bridgehead atoms. The van der Waals surface area contributed by atoms with Gasteiger partial charge in [-0.15, -0.1) is 10.2 Å². The summed E-state index contributed by atoms with van der Waals surface area (Å²) in [6.45, 7) is 0.393. The Morgan fingerprint density at radius 3 is 3.10 bits per heavy atom. The number of rotatable bonds is 5. The topological polar surface area (TPSA) is 68.0 Å². The number of amides is 1. The second-order valence-corrected chi connectivity index (χ2v) is 6.08. The molecule has 0 saturated heterocycles. The first kappa shape index (κ1) is 13.1. The van der Waals surface area contributed by atoms with Crippen LogP contribution in [0.15, 0.2) is 44.6 Å². The van der Waals surface area contributed by atoms with E-state index in [1.807, 2.05) is 30.3 Å². The van der Waals surface area contributed by atoms with Gasteiger partial charge in [0, 0.05) is 5.39 Å². The third-order valence-corrected chi connectivity index (χ3v) is 4.46. The van der Waals surface area contributed by atoms with Crippen molar-refractivity contribution in [3.05, 3.63) is 41.6 Å². The van der Waals surface area contributed by atoms with Crippen molar-refractivity contribution in [3.8, 4) is 0 Å². The lowest BCUT2D eigenvalue weighted by Gasteiger charge is -2.01. The van der Waals surface area contributed by atoms with Crippen molar-refractivity contribution < 1.29 is 9.21 Å². The van der Waals surface area contributed by atoms with E-state index in [2.05, 4.69) is 15.5 Å². The number of carbonyl (C=O) groups excluding carboxylic acids is 1. The van der Waals surface area contributed by atoms with Gasteiger partial charge in [0.2, 0.25) is 5.91 Å². The average Bonchev–Trinajstić information content (AvgIpc) is 3.11. The number of para-hydroxylation sites is 1. The maximum Gasteiger partial charge on any atom is 0.230 e. The summed E-state index contributed by atoms with van der Waals surface area (Å²) in [4.78, 5) is 11.7. The molecule has 0 radical (unpaired) electrons. The molecule has 1 aromatic carbocycles. The number of nitrogens with zero attached hydrogens (tertiary/aromatic N) is 2. The van der Waals surface area contributed by atoms with Crippen LogP contribution in [0.25, 0.3) is 11.0 Å². The van der Waals surface area contributed by atoms with Crippen LogP contribution in [0.4, 0.5) is 0 Å². The van der Waals surface area contributed by atoms with Crippen molar-refractivity contribution in [2.75, 3.05) is 5.75 Å². The van der Waals surface area contributed by atoms with Gasteiger partial charge in [0.15, 0.2) is 4.34 Å². The van der Waals surface area contributed by atoms with E-state index >= 15 is 0 Å². The van der Waals surface area contributed by atoms with Gasteiger partial charge in [-0.05, 0) is 12.1 Å². The molecule has 0 fully saturated rings. The Bertz CT molecular complexity index is 676. The van der Waals surface area contributed by atoms with Gasteiger partial charge in [0.05, 0.1) is 12.3 Å². The van der Waals surface area contributed by atoms with Crippen LogP contribution >= 0.6 is 23.1 Å². The molecule has 0 aliphatic carbocycles. The average molecular weight is 305 g/mol. The molecule has 20 heavy (non-hydrogen) atoms. The van der Waals surface area contributed by atoms with Crippen LogP contribution in [0, 0.1) is 0 Å². The number of furan rings is 1. The zero-order chi connectivity index (χ0) is 13.8. The summed E-state index contributed by atoms with van der Waals surface area (Å²) in [6, 6.07) is 9.71. The number of benzene rings is 1. The second kappa shape index (κ2) is 6.06. The number of carbonyl (C=O) groups is 1. The highest BCUT2D eigenvalue weighted by atomic mass is 32.2. The molecule has 1 N–H and O–H groups in total. The summed E-state index contributed by atoms with van der Waals surface area (Å²) >= 11 is 2.80. The Morgan fingerprint density at radius 1 is 1.40 bits per heavy atom. The van der Waals surface area contributed by atoms with E-state index in [9.17, 15) is 4.79 Å². The molecule has 0 unspecified atom stereocenters. The van der Waals surface area contributed by atoms with E-state index in [1.54, 1.807) is 5.51 Å². The predicted molar refractivity (Wildman–Crippen MR) is 78.7 cm³/mol. The molecule has 0 aliphatic rings. The Balaban J connectivity index is 1.52. The highest BCUT2D eigenvalue weighted by Gasteiger charge is 2.07. The Labute approximate surface area is 123 Å². The maximum absolute atomic E-state index is 11.7. The zero-order valence-corrected chi connectivity index (χ0v) is 12.0. The molecular weight excluding hydrogens is 294 g/mol. The number of aromatic nitrogens is 2. The van der Waals surface area contributed by atoms with Gasteiger partial charge >= 0.3 is 0 Å². The number of hydrogen-bond donors (Lipinski definition) is 1. The zero-order valence-electron chi connectivity index (χ0n) is 10.4. The van der Waals surface area contributed by atoms with Gasteiger partial charge in [-0.3, -0.25) is 4.79 Å². The van der Waals surface area contributed by atoms with Crippen molar-refractivity contribution in [1.29, 1.82) is 0 Å².